The van der Waals surface area contributed by atoms with E-state index in [1.54, 1.807) is 0 Å². The summed E-state index contributed by atoms with van der Waals surface area (Å²) in [5.41, 5.74) is 3.06. The summed E-state index contributed by atoms with van der Waals surface area (Å²) in [7, 11) is 0. The molecule has 2 N–H and O–H groups in total. The van der Waals surface area contributed by atoms with E-state index in [2.05, 4.69) is 45.8 Å². The van der Waals surface area contributed by atoms with Crippen LogP contribution in [0.5, 0.6) is 0 Å². The Labute approximate surface area is 143 Å². The van der Waals surface area contributed by atoms with Crippen molar-refractivity contribution in [3.8, 4) is 0 Å². The first-order valence-corrected chi connectivity index (χ1v) is 9.16. The van der Waals surface area contributed by atoms with E-state index in [0.717, 1.165) is 18.5 Å². The zero-order valence-corrected chi connectivity index (χ0v) is 14.1. The van der Waals surface area contributed by atoms with Gasteiger partial charge in [-0.2, -0.15) is 5.10 Å². The molecule has 0 atom stereocenters. The van der Waals surface area contributed by atoms with Crippen LogP contribution in [0.25, 0.3) is 0 Å². The van der Waals surface area contributed by atoms with Crippen molar-refractivity contribution in [2.75, 3.05) is 6.54 Å². The van der Waals surface area contributed by atoms with Crippen LogP contribution in [0.3, 0.4) is 0 Å². The fourth-order valence-corrected chi connectivity index (χ4v) is 3.98. The van der Waals surface area contributed by atoms with Crippen LogP contribution in [0.2, 0.25) is 0 Å². The van der Waals surface area contributed by atoms with Crippen LogP contribution in [0.15, 0.2) is 36.4 Å². The molecule has 2 aromatic rings. The van der Waals surface area contributed by atoms with Gasteiger partial charge in [-0.1, -0.05) is 49.6 Å². The molecule has 0 saturated heterocycles. The molecule has 24 heavy (non-hydrogen) atoms. The fraction of sp³-hybridized carbons (Fsp3) is 0.500. The molecular weight excluding hydrogens is 298 g/mol. The third-order valence-electron chi connectivity index (χ3n) is 5.63. The Bertz CT molecular complexity index is 697. The molecule has 0 bridgehead atoms. The number of carbonyl (C=O) groups is 1. The smallest absolute Gasteiger partial charge is 0.271 e. The van der Waals surface area contributed by atoms with Crippen molar-refractivity contribution in [3.05, 3.63) is 53.3 Å². The molecule has 2 saturated carbocycles. The summed E-state index contributed by atoms with van der Waals surface area (Å²) in [6.07, 6.45) is 8.47. The number of nitrogens with zero attached hydrogens (tertiary/aromatic N) is 1. The van der Waals surface area contributed by atoms with Gasteiger partial charge in [-0.15, -0.1) is 0 Å². The predicted molar refractivity (Wildman–Crippen MR) is 94.1 cm³/mol. The van der Waals surface area contributed by atoms with E-state index in [9.17, 15) is 4.79 Å². The lowest BCUT2D eigenvalue weighted by Gasteiger charge is -2.38. The van der Waals surface area contributed by atoms with E-state index in [4.69, 9.17) is 0 Å². The van der Waals surface area contributed by atoms with Gasteiger partial charge in [-0.25, -0.2) is 0 Å². The Morgan fingerprint density at radius 1 is 1.17 bits per heavy atom. The molecule has 2 aliphatic carbocycles. The summed E-state index contributed by atoms with van der Waals surface area (Å²) >= 11 is 0. The normalized spacial score (nSPS) is 19.8. The second-order valence-corrected chi connectivity index (χ2v) is 7.37. The van der Waals surface area contributed by atoms with Gasteiger partial charge in [0, 0.05) is 23.6 Å². The van der Waals surface area contributed by atoms with Gasteiger partial charge in [-0.05, 0) is 37.3 Å². The highest BCUT2D eigenvalue weighted by Crippen LogP contribution is 2.40. The van der Waals surface area contributed by atoms with Crippen LogP contribution in [0, 0.1) is 0 Å². The molecule has 2 aliphatic rings. The standard InChI is InChI=1S/C20H25N3O/c24-19(18-13-17(22-23-18)15-9-10-15)21-14-20(11-5-2-6-12-20)16-7-3-1-4-8-16/h1,3-4,7-8,13,15H,2,5-6,9-12,14H2,(H,21,24)(H,22,23). The summed E-state index contributed by atoms with van der Waals surface area (Å²) < 4.78 is 0. The van der Waals surface area contributed by atoms with Crippen LogP contribution in [-0.4, -0.2) is 22.6 Å². The summed E-state index contributed by atoms with van der Waals surface area (Å²) in [6, 6.07) is 12.6. The van der Waals surface area contributed by atoms with Crippen LogP contribution >= 0.6 is 0 Å². The highest BCUT2D eigenvalue weighted by atomic mass is 16.1. The third-order valence-corrected chi connectivity index (χ3v) is 5.63. The summed E-state index contributed by atoms with van der Waals surface area (Å²) in [6.45, 7) is 0.696. The van der Waals surface area contributed by atoms with Crippen LogP contribution < -0.4 is 5.32 Å². The number of hydrogen-bond donors (Lipinski definition) is 2. The summed E-state index contributed by atoms with van der Waals surface area (Å²) in [4.78, 5) is 12.5. The first-order valence-electron chi connectivity index (χ1n) is 9.16. The molecule has 1 aromatic carbocycles. The molecule has 0 radical (unpaired) electrons. The predicted octanol–water partition coefficient (Wildman–Crippen LogP) is 3.92. The minimum absolute atomic E-state index is 0.0565. The van der Waals surface area contributed by atoms with Crippen molar-refractivity contribution < 1.29 is 4.79 Å². The number of aromatic amines is 1. The number of H-pyrrole nitrogens is 1. The maximum Gasteiger partial charge on any atom is 0.271 e. The van der Waals surface area contributed by atoms with Gasteiger partial charge in [0.25, 0.3) is 5.91 Å². The zero-order valence-electron chi connectivity index (χ0n) is 14.1. The minimum Gasteiger partial charge on any atom is -0.350 e. The van der Waals surface area contributed by atoms with E-state index >= 15 is 0 Å². The van der Waals surface area contributed by atoms with Crippen molar-refractivity contribution in [2.45, 2.75) is 56.3 Å². The van der Waals surface area contributed by atoms with Gasteiger partial charge >= 0.3 is 0 Å². The van der Waals surface area contributed by atoms with Crippen molar-refractivity contribution in [1.29, 1.82) is 0 Å². The number of rotatable bonds is 5. The van der Waals surface area contributed by atoms with Crippen molar-refractivity contribution in [1.82, 2.24) is 15.5 Å². The van der Waals surface area contributed by atoms with Gasteiger partial charge < -0.3 is 5.32 Å². The van der Waals surface area contributed by atoms with Crippen LogP contribution in [0.1, 0.15) is 72.6 Å². The average molecular weight is 323 g/mol. The molecule has 0 aliphatic heterocycles. The monoisotopic (exact) mass is 323 g/mol. The van der Waals surface area contributed by atoms with Gasteiger partial charge in [-0.3, -0.25) is 9.89 Å². The number of nitrogens with one attached hydrogen (secondary N) is 2. The lowest BCUT2D eigenvalue weighted by molar-refractivity contribution is 0.0931. The van der Waals surface area contributed by atoms with Gasteiger partial charge in [0.2, 0.25) is 0 Å². The Kier molecular flexibility index (Phi) is 4.13. The van der Waals surface area contributed by atoms with E-state index in [1.165, 1.54) is 37.7 Å². The van der Waals surface area contributed by atoms with E-state index in [1.807, 2.05) is 6.07 Å². The van der Waals surface area contributed by atoms with E-state index < -0.39 is 0 Å². The molecule has 1 heterocycles. The Morgan fingerprint density at radius 2 is 1.92 bits per heavy atom. The second-order valence-electron chi connectivity index (χ2n) is 7.37. The second kappa shape index (κ2) is 6.42. The number of benzene rings is 1. The molecule has 0 spiro atoms. The minimum atomic E-state index is -0.0565. The molecule has 4 rings (SSSR count). The molecule has 0 unspecified atom stereocenters. The van der Waals surface area contributed by atoms with Crippen molar-refractivity contribution in [3.63, 3.8) is 0 Å². The summed E-state index contributed by atoms with van der Waals surface area (Å²) in [5.74, 6) is 0.534. The molecule has 2 fully saturated rings. The molecule has 126 valence electrons. The number of carbonyl (C=O) groups excluding carboxylic acids is 1. The van der Waals surface area contributed by atoms with Gasteiger partial charge in [0.05, 0.1) is 0 Å². The molecule has 4 nitrogen and oxygen atoms in total. The van der Waals surface area contributed by atoms with Crippen molar-refractivity contribution >= 4 is 5.91 Å². The lowest BCUT2D eigenvalue weighted by Crippen LogP contribution is -2.42. The summed E-state index contributed by atoms with van der Waals surface area (Å²) in [5, 5.41) is 10.4. The average Bonchev–Trinajstić information content (AvgIpc) is 3.38. The highest BCUT2D eigenvalue weighted by Gasteiger charge is 2.34. The maximum absolute atomic E-state index is 12.5. The van der Waals surface area contributed by atoms with Crippen LogP contribution in [-0.2, 0) is 5.41 Å². The largest absolute Gasteiger partial charge is 0.350 e. The Balaban J connectivity index is 1.47. The van der Waals surface area contributed by atoms with E-state index in [0.29, 0.717) is 18.2 Å². The molecular formula is C20H25N3O. The van der Waals surface area contributed by atoms with Crippen molar-refractivity contribution in [2.24, 2.45) is 0 Å². The molecule has 4 heteroatoms. The molecule has 1 aromatic heterocycles. The quantitative estimate of drug-likeness (QED) is 0.876. The topological polar surface area (TPSA) is 57.8 Å². The lowest BCUT2D eigenvalue weighted by atomic mass is 9.69. The highest BCUT2D eigenvalue weighted by molar-refractivity contribution is 5.92. The number of hydrogen-bond acceptors (Lipinski definition) is 2. The number of amides is 1. The first kappa shape index (κ1) is 15.4. The Morgan fingerprint density at radius 3 is 2.62 bits per heavy atom. The zero-order chi connectivity index (χ0) is 16.4. The third kappa shape index (κ3) is 3.10. The van der Waals surface area contributed by atoms with Gasteiger partial charge in [0.15, 0.2) is 0 Å². The van der Waals surface area contributed by atoms with Crippen LogP contribution in [0.4, 0.5) is 0 Å². The Hall–Kier alpha value is -2.10. The van der Waals surface area contributed by atoms with E-state index in [-0.39, 0.29) is 11.3 Å². The molecule has 1 amide bonds. The van der Waals surface area contributed by atoms with Gasteiger partial charge in [0.1, 0.15) is 5.69 Å². The number of aromatic nitrogens is 2. The SMILES string of the molecule is O=C(NCC1(c2ccccc2)CCCCC1)c1cc(C2CC2)[nH]n1. The fourth-order valence-electron chi connectivity index (χ4n) is 3.98. The first-order chi connectivity index (χ1) is 11.8. The maximum atomic E-state index is 12.5.